The molecule has 0 radical (unpaired) electrons. The molecule has 1 N–H and O–H groups in total. The number of halogens is 1. The Labute approximate surface area is 134 Å². The van der Waals surface area contributed by atoms with Crippen LogP contribution < -0.4 is 0 Å². The smallest absolute Gasteiger partial charge is 0.193 e. The van der Waals surface area contributed by atoms with Gasteiger partial charge in [-0.2, -0.15) is 0 Å². The first-order valence-corrected chi connectivity index (χ1v) is 7.99. The van der Waals surface area contributed by atoms with Gasteiger partial charge in [0.2, 0.25) is 0 Å². The maximum atomic E-state index is 11.6. The van der Waals surface area contributed by atoms with E-state index in [0.29, 0.717) is 5.02 Å². The highest BCUT2D eigenvalue weighted by Crippen LogP contribution is 2.43. The van der Waals surface area contributed by atoms with E-state index in [0.717, 1.165) is 48.5 Å². The van der Waals surface area contributed by atoms with Gasteiger partial charge >= 0.3 is 0 Å². The van der Waals surface area contributed by atoms with Crippen LogP contribution in [0.2, 0.25) is 5.02 Å². The van der Waals surface area contributed by atoms with Gasteiger partial charge in [-0.15, -0.1) is 0 Å². The number of hydrogen-bond donors (Lipinski definition) is 1. The first-order chi connectivity index (χ1) is 10.7. The van der Waals surface area contributed by atoms with Crippen molar-refractivity contribution in [1.82, 2.24) is 4.90 Å². The lowest BCUT2D eigenvalue weighted by atomic mass is 9.93. The van der Waals surface area contributed by atoms with E-state index >= 15 is 0 Å². The van der Waals surface area contributed by atoms with Gasteiger partial charge in [0, 0.05) is 34.8 Å². The van der Waals surface area contributed by atoms with Gasteiger partial charge in [0.15, 0.2) is 5.72 Å². The molecule has 22 heavy (non-hydrogen) atoms. The van der Waals surface area contributed by atoms with Gasteiger partial charge in [0.1, 0.15) is 5.84 Å². The third-order valence-corrected chi connectivity index (χ3v) is 4.74. The van der Waals surface area contributed by atoms with E-state index in [9.17, 15) is 5.11 Å². The molecule has 0 saturated heterocycles. The lowest BCUT2D eigenvalue weighted by molar-refractivity contribution is -0.0293. The Morgan fingerprint density at radius 3 is 2.64 bits per heavy atom. The predicted molar refractivity (Wildman–Crippen MR) is 88.2 cm³/mol. The Morgan fingerprint density at radius 2 is 1.82 bits per heavy atom. The number of hydrogen-bond acceptors (Lipinski definition) is 3. The fourth-order valence-electron chi connectivity index (χ4n) is 3.42. The van der Waals surface area contributed by atoms with Crippen LogP contribution in [0.15, 0.2) is 53.5 Å². The second-order valence-electron chi connectivity index (χ2n) is 5.79. The Kier molecular flexibility index (Phi) is 3.21. The Balaban J connectivity index is 1.95. The van der Waals surface area contributed by atoms with E-state index in [1.54, 1.807) is 0 Å². The van der Waals surface area contributed by atoms with E-state index in [1.807, 2.05) is 53.4 Å². The molecule has 0 saturated carbocycles. The zero-order valence-electron chi connectivity index (χ0n) is 12.2. The highest BCUT2D eigenvalue weighted by molar-refractivity contribution is 6.30. The summed E-state index contributed by atoms with van der Waals surface area (Å²) >= 11 is 6.01. The molecule has 2 heterocycles. The van der Waals surface area contributed by atoms with Crippen LogP contribution in [0.3, 0.4) is 0 Å². The number of rotatable bonds is 1. The van der Waals surface area contributed by atoms with Crippen LogP contribution in [0, 0.1) is 0 Å². The third-order valence-electron chi connectivity index (χ3n) is 4.49. The summed E-state index contributed by atoms with van der Waals surface area (Å²) in [5.74, 6) is 0.908. The van der Waals surface area contributed by atoms with Crippen molar-refractivity contribution >= 4 is 17.4 Å². The second-order valence-corrected chi connectivity index (χ2v) is 6.23. The summed E-state index contributed by atoms with van der Waals surface area (Å²) in [6.45, 7) is 1.61. The number of amidine groups is 1. The molecule has 0 amide bonds. The number of benzene rings is 2. The van der Waals surface area contributed by atoms with Crippen LogP contribution >= 0.6 is 11.6 Å². The average molecular weight is 313 g/mol. The van der Waals surface area contributed by atoms with E-state index < -0.39 is 5.72 Å². The molecule has 2 aliphatic rings. The minimum absolute atomic E-state index is 0.670. The predicted octanol–water partition coefficient (Wildman–Crippen LogP) is 3.39. The molecule has 0 spiro atoms. The fraction of sp³-hybridized carbons (Fsp3) is 0.278. The van der Waals surface area contributed by atoms with Crippen LogP contribution in [-0.2, 0) is 5.72 Å². The highest BCUT2D eigenvalue weighted by atomic mass is 35.5. The van der Waals surface area contributed by atoms with Gasteiger partial charge < -0.3 is 10.0 Å². The van der Waals surface area contributed by atoms with Crippen molar-refractivity contribution in [3.05, 3.63) is 70.2 Å². The van der Waals surface area contributed by atoms with E-state index in [-0.39, 0.29) is 0 Å². The average Bonchev–Trinajstić information content (AvgIpc) is 2.72. The molecular weight excluding hydrogens is 296 g/mol. The van der Waals surface area contributed by atoms with Gasteiger partial charge in [-0.25, -0.2) is 0 Å². The molecule has 1 atom stereocenters. The minimum Gasteiger partial charge on any atom is -0.363 e. The molecule has 3 nitrogen and oxygen atoms in total. The summed E-state index contributed by atoms with van der Waals surface area (Å²) in [5, 5.41) is 12.3. The molecule has 2 aromatic rings. The normalized spacial score (nSPS) is 23.5. The van der Waals surface area contributed by atoms with Gasteiger partial charge in [-0.05, 0) is 25.0 Å². The van der Waals surface area contributed by atoms with E-state index in [4.69, 9.17) is 16.6 Å². The standard InChI is InChI=1S/C18H17ClN2O/c19-14-9-7-13(8-10-14)18(22)16-6-2-1-5-15(16)17-20-11-3-4-12-21(17)18/h1-2,5-10,22H,3-4,11-12H2/t18-/m0/s1. The zero-order chi connectivity index (χ0) is 15.2. The molecule has 0 unspecified atom stereocenters. The van der Waals surface area contributed by atoms with Crippen molar-refractivity contribution in [1.29, 1.82) is 0 Å². The molecule has 0 fully saturated rings. The number of aliphatic imine (C=N–C) groups is 1. The van der Waals surface area contributed by atoms with E-state index in [1.165, 1.54) is 0 Å². The lowest BCUT2D eigenvalue weighted by Gasteiger charge is -2.35. The first-order valence-electron chi connectivity index (χ1n) is 7.61. The Hall–Kier alpha value is -1.84. The lowest BCUT2D eigenvalue weighted by Crippen LogP contribution is -2.45. The summed E-state index contributed by atoms with van der Waals surface area (Å²) in [5.41, 5.74) is 1.60. The van der Waals surface area contributed by atoms with Gasteiger partial charge in [-0.1, -0.05) is 48.0 Å². The summed E-state index contributed by atoms with van der Waals surface area (Å²) in [7, 11) is 0. The maximum absolute atomic E-state index is 11.6. The monoisotopic (exact) mass is 312 g/mol. The van der Waals surface area contributed by atoms with Crippen LogP contribution in [0.5, 0.6) is 0 Å². The summed E-state index contributed by atoms with van der Waals surface area (Å²) in [6, 6.07) is 15.4. The maximum Gasteiger partial charge on any atom is 0.193 e. The van der Waals surface area contributed by atoms with E-state index in [2.05, 4.69) is 0 Å². The zero-order valence-corrected chi connectivity index (χ0v) is 12.9. The number of aliphatic hydroxyl groups is 1. The van der Waals surface area contributed by atoms with Crippen LogP contribution in [-0.4, -0.2) is 28.9 Å². The fourth-order valence-corrected chi connectivity index (χ4v) is 3.55. The third kappa shape index (κ3) is 1.89. The largest absolute Gasteiger partial charge is 0.363 e. The molecular formula is C18H17ClN2O. The molecule has 4 rings (SSSR count). The summed E-state index contributed by atoms with van der Waals surface area (Å²) < 4.78 is 0. The van der Waals surface area contributed by atoms with Gasteiger partial charge in [-0.3, -0.25) is 4.99 Å². The van der Waals surface area contributed by atoms with Gasteiger partial charge in [0.05, 0.1) is 0 Å². The van der Waals surface area contributed by atoms with Crippen molar-refractivity contribution in [2.45, 2.75) is 18.6 Å². The van der Waals surface area contributed by atoms with Crippen molar-refractivity contribution in [2.75, 3.05) is 13.1 Å². The van der Waals surface area contributed by atoms with Crippen LogP contribution in [0.4, 0.5) is 0 Å². The first kappa shape index (κ1) is 13.8. The van der Waals surface area contributed by atoms with Crippen LogP contribution in [0.1, 0.15) is 29.5 Å². The minimum atomic E-state index is -1.16. The molecule has 0 aromatic heterocycles. The van der Waals surface area contributed by atoms with Crippen molar-refractivity contribution in [3.63, 3.8) is 0 Å². The van der Waals surface area contributed by atoms with Gasteiger partial charge in [0.25, 0.3) is 0 Å². The molecule has 0 bridgehead atoms. The Morgan fingerprint density at radius 1 is 1.05 bits per heavy atom. The molecule has 0 aliphatic carbocycles. The molecule has 4 heteroatoms. The number of fused-ring (bicyclic) bond motifs is 3. The van der Waals surface area contributed by atoms with Crippen LogP contribution in [0.25, 0.3) is 0 Å². The quantitative estimate of drug-likeness (QED) is 0.876. The second kappa shape index (κ2) is 5.11. The Bertz CT molecular complexity index is 741. The highest BCUT2D eigenvalue weighted by Gasteiger charge is 2.48. The van der Waals surface area contributed by atoms with Crippen molar-refractivity contribution in [3.8, 4) is 0 Å². The number of nitrogens with zero attached hydrogens (tertiary/aromatic N) is 2. The van der Waals surface area contributed by atoms with Crippen molar-refractivity contribution in [2.24, 2.45) is 4.99 Å². The molecule has 112 valence electrons. The topological polar surface area (TPSA) is 35.8 Å². The summed E-state index contributed by atoms with van der Waals surface area (Å²) in [4.78, 5) is 6.76. The van der Waals surface area contributed by atoms with Crippen molar-refractivity contribution < 1.29 is 5.11 Å². The molecule has 2 aromatic carbocycles. The summed E-state index contributed by atoms with van der Waals surface area (Å²) in [6.07, 6.45) is 2.08. The molecule has 2 aliphatic heterocycles. The SMILES string of the molecule is O[C@@]1(c2ccc(Cl)cc2)c2ccccc2C2=NCCCCN21.